The Morgan fingerprint density at radius 1 is 1.30 bits per heavy atom. The molecular weight excluding hydrogens is 408 g/mol. The zero-order valence-corrected chi connectivity index (χ0v) is 14.3. The van der Waals surface area contributed by atoms with E-state index in [9.17, 15) is 18.1 Å². The Balaban J connectivity index is 2.21. The van der Waals surface area contributed by atoms with Crippen LogP contribution in [0.3, 0.4) is 0 Å². The van der Waals surface area contributed by atoms with Crippen molar-refractivity contribution in [3.63, 3.8) is 0 Å². The predicted octanol–water partition coefficient (Wildman–Crippen LogP) is 3.82. The predicted molar refractivity (Wildman–Crippen MR) is 87.2 cm³/mol. The van der Waals surface area contributed by atoms with Crippen LogP contribution in [0.2, 0.25) is 0 Å². The molecule has 0 spiro atoms. The van der Waals surface area contributed by atoms with Crippen LogP contribution in [0.25, 0.3) is 10.9 Å². The van der Waals surface area contributed by atoms with Gasteiger partial charge < -0.3 is 5.11 Å². The van der Waals surface area contributed by atoms with Crippen molar-refractivity contribution in [2.24, 2.45) is 10.2 Å². The van der Waals surface area contributed by atoms with Gasteiger partial charge in [-0.2, -0.15) is 8.42 Å². The molecule has 2 aromatic heterocycles. The van der Waals surface area contributed by atoms with Crippen molar-refractivity contribution >= 4 is 59.1 Å². The zero-order chi connectivity index (χ0) is 16.6. The molecule has 0 saturated carbocycles. The van der Waals surface area contributed by atoms with E-state index in [0.717, 1.165) is 6.07 Å². The maximum absolute atomic E-state index is 11.5. The molecule has 8 nitrogen and oxygen atoms in total. The number of benzene rings is 1. The molecule has 1 aromatic carbocycles. The standard InChI is InChI=1S/C12H7BrN4O4S2/c13-9-5-22-12(15-9)17-16-7-4-8(23(19,20)21)6-2-1-3-14-10(6)11(7)18/h1-5,18H,(H,19,20,21). The number of halogens is 1. The van der Waals surface area contributed by atoms with E-state index < -0.39 is 15.0 Å². The Morgan fingerprint density at radius 2 is 2.09 bits per heavy atom. The van der Waals surface area contributed by atoms with E-state index in [-0.39, 0.29) is 22.3 Å². The second kappa shape index (κ2) is 5.92. The minimum absolute atomic E-state index is 0.00288. The number of rotatable bonds is 3. The molecule has 118 valence electrons. The number of nitrogens with zero attached hydrogens (tertiary/aromatic N) is 4. The molecule has 3 rings (SSSR count). The maximum atomic E-state index is 11.5. The molecular formula is C12H7BrN4O4S2. The maximum Gasteiger partial charge on any atom is 0.295 e. The summed E-state index contributed by atoms with van der Waals surface area (Å²) in [6.45, 7) is 0. The molecule has 3 aromatic rings. The van der Waals surface area contributed by atoms with Gasteiger partial charge in [-0.25, -0.2) is 4.98 Å². The molecule has 0 aliphatic carbocycles. The molecule has 0 aliphatic rings. The van der Waals surface area contributed by atoms with Crippen molar-refractivity contribution in [3.05, 3.63) is 34.4 Å². The molecule has 0 saturated heterocycles. The molecule has 0 atom stereocenters. The van der Waals surface area contributed by atoms with Crippen LogP contribution in [0.5, 0.6) is 5.75 Å². The average molecular weight is 415 g/mol. The molecule has 0 unspecified atom stereocenters. The van der Waals surface area contributed by atoms with Crippen LogP contribution in [0.4, 0.5) is 10.8 Å². The van der Waals surface area contributed by atoms with Gasteiger partial charge >= 0.3 is 0 Å². The summed E-state index contributed by atoms with van der Waals surface area (Å²) in [5.74, 6) is -0.340. The quantitative estimate of drug-likeness (QED) is 0.495. The first-order chi connectivity index (χ1) is 10.9. The summed E-state index contributed by atoms with van der Waals surface area (Å²) in [7, 11) is -4.52. The van der Waals surface area contributed by atoms with E-state index in [1.807, 2.05) is 0 Å². The first kappa shape index (κ1) is 15.9. The summed E-state index contributed by atoms with van der Waals surface area (Å²) < 4.78 is 33.0. The van der Waals surface area contributed by atoms with Crippen LogP contribution < -0.4 is 0 Å². The number of aromatic nitrogens is 2. The Morgan fingerprint density at radius 3 is 2.74 bits per heavy atom. The minimum atomic E-state index is -4.52. The first-order valence-electron chi connectivity index (χ1n) is 5.97. The van der Waals surface area contributed by atoms with Crippen molar-refractivity contribution in [3.8, 4) is 5.75 Å². The van der Waals surface area contributed by atoms with Gasteiger partial charge in [0.15, 0.2) is 5.75 Å². The molecule has 0 radical (unpaired) electrons. The summed E-state index contributed by atoms with van der Waals surface area (Å²) in [6.07, 6.45) is 1.38. The Labute approximate surface area is 142 Å². The highest BCUT2D eigenvalue weighted by Gasteiger charge is 2.20. The number of thiazole rings is 1. The summed E-state index contributed by atoms with van der Waals surface area (Å²) in [4.78, 5) is 7.52. The summed E-state index contributed by atoms with van der Waals surface area (Å²) >= 11 is 4.37. The van der Waals surface area contributed by atoms with E-state index in [0.29, 0.717) is 9.73 Å². The summed E-state index contributed by atoms with van der Waals surface area (Å²) in [5, 5.41) is 19.9. The highest BCUT2D eigenvalue weighted by molar-refractivity contribution is 9.10. The van der Waals surface area contributed by atoms with Crippen LogP contribution in [0.1, 0.15) is 0 Å². The Bertz CT molecular complexity index is 1030. The van der Waals surface area contributed by atoms with E-state index in [1.165, 1.54) is 29.7 Å². The normalized spacial score (nSPS) is 12.3. The number of hydrogen-bond donors (Lipinski definition) is 2. The molecule has 11 heteroatoms. The average Bonchev–Trinajstić information content (AvgIpc) is 2.91. The van der Waals surface area contributed by atoms with Crippen molar-refractivity contribution in [2.45, 2.75) is 4.90 Å². The van der Waals surface area contributed by atoms with E-state index in [4.69, 9.17) is 0 Å². The summed E-state index contributed by atoms with van der Waals surface area (Å²) in [6, 6.07) is 3.94. The SMILES string of the molecule is O=S(=O)(O)c1cc(N=Nc2nc(Br)cs2)c(O)c2ncccc12. The van der Waals surface area contributed by atoms with Crippen molar-refractivity contribution in [1.82, 2.24) is 9.97 Å². The van der Waals surface area contributed by atoms with Crippen molar-refractivity contribution < 1.29 is 18.1 Å². The van der Waals surface area contributed by atoms with Gasteiger partial charge in [0.05, 0.1) is 0 Å². The fourth-order valence-electron chi connectivity index (χ4n) is 1.86. The topological polar surface area (TPSA) is 125 Å². The second-order valence-corrected chi connectivity index (χ2v) is 7.31. The Kier molecular flexibility index (Phi) is 4.10. The van der Waals surface area contributed by atoms with Crippen molar-refractivity contribution in [2.75, 3.05) is 0 Å². The van der Waals surface area contributed by atoms with Gasteiger partial charge in [0.1, 0.15) is 20.7 Å². The highest BCUT2D eigenvalue weighted by atomic mass is 79.9. The highest BCUT2D eigenvalue weighted by Crippen LogP contribution is 2.38. The third-order valence-electron chi connectivity index (χ3n) is 2.79. The van der Waals surface area contributed by atoms with Gasteiger partial charge in [0, 0.05) is 17.0 Å². The van der Waals surface area contributed by atoms with Gasteiger partial charge in [-0.15, -0.1) is 21.6 Å². The lowest BCUT2D eigenvalue weighted by molar-refractivity contribution is 0.479. The third-order valence-corrected chi connectivity index (χ3v) is 5.12. The summed E-state index contributed by atoms with van der Waals surface area (Å²) in [5.41, 5.74) is -0.146. The molecule has 0 amide bonds. The van der Waals surface area contributed by atoms with E-state index in [1.54, 1.807) is 5.38 Å². The number of pyridine rings is 1. The fourth-order valence-corrected chi connectivity index (χ4v) is 3.63. The zero-order valence-electron chi connectivity index (χ0n) is 11.1. The number of aromatic hydroxyl groups is 1. The molecule has 0 fully saturated rings. The molecule has 23 heavy (non-hydrogen) atoms. The van der Waals surface area contributed by atoms with Crippen LogP contribution in [-0.2, 0) is 10.1 Å². The third kappa shape index (κ3) is 3.22. The minimum Gasteiger partial charge on any atom is -0.504 e. The largest absolute Gasteiger partial charge is 0.504 e. The molecule has 2 N–H and O–H groups in total. The number of hydrogen-bond acceptors (Lipinski definition) is 8. The lowest BCUT2D eigenvalue weighted by Crippen LogP contribution is -1.99. The van der Waals surface area contributed by atoms with Gasteiger partial charge in [-0.05, 0) is 34.1 Å². The van der Waals surface area contributed by atoms with Gasteiger partial charge in [-0.1, -0.05) is 0 Å². The monoisotopic (exact) mass is 414 g/mol. The first-order valence-corrected chi connectivity index (χ1v) is 9.08. The Hall–Kier alpha value is -1.95. The number of phenols is 1. The van der Waals surface area contributed by atoms with Crippen LogP contribution in [-0.4, -0.2) is 28.0 Å². The van der Waals surface area contributed by atoms with Gasteiger partial charge in [0.25, 0.3) is 10.1 Å². The molecule has 2 heterocycles. The number of azo groups is 1. The van der Waals surface area contributed by atoms with Crippen molar-refractivity contribution in [1.29, 1.82) is 0 Å². The second-order valence-electron chi connectivity index (χ2n) is 4.27. The number of fused-ring (bicyclic) bond motifs is 1. The van der Waals surface area contributed by atoms with Crippen LogP contribution >= 0.6 is 27.3 Å². The van der Waals surface area contributed by atoms with Crippen LogP contribution in [0.15, 0.2) is 49.5 Å². The smallest absolute Gasteiger partial charge is 0.295 e. The molecule has 0 aliphatic heterocycles. The lowest BCUT2D eigenvalue weighted by Gasteiger charge is -2.07. The number of phenolic OH excluding ortho intramolecular Hbond substituents is 1. The fraction of sp³-hybridized carbons (Fsp3) is 0. The van der Waals surface area contributed by atoms with E-state index in [2.05, 4.69) is 36.1 Å². The van der Waals surface area contributed by atoms with Gasteiger partial charge in [-0.3, -0.25) is 9.54 Å². The molecule has 0 bridgehead atoms. The lowest BCUT2D eigenvalue weighted by atomic mass is 10.2. The van der Waals surface area contributed by atoms with E-state index >= 15 is 0 Å². The van der Waals surface area contributed by atoms with Crippen LogP contribution in [0, 0.1) is 0 Å². The van der Waals surface area contributed by atoms with Gasteiger partial charge in [0.2, 0.25) is 5.13 Å².